The van der Waals surface area contributed by atoms with E-state index in [0.29, 0.717) is 24.0 Å². The summed E-state index contributed by atoms with van der Waals surface area (Å²) in [7, 11) is 0. The Morgan fingerprint density at radius 2 is 1.90 bits per heavy atom. The predicted molar refractivity (Wildman–Crippen MR) is 119 cm³/mol. The zero-order valence-corrected chi connectivity index (χ0v) is 19.1. The Kier molecular flexibility index (Phi) is 9.87. The van der Waals surface area contributed by atoms with Crippen LogP contribution in [0.2, 0.25) is 0 Å². The molecule has 3 N–H and O–H groups in total. The van der Waals surface area contributed by atoms with Gasteiger partial charge in [0.2, 0.25) is 5.91 Å². The molecule has 0 spiro atoms. The number of carbonyl (C=O) groups is 2. The van der Waals surface area contributed by atoms with Gasteiger partial charge in [-0.1, -0.05) is 27.7 Å². The standard InChI is InChI=1S/C22H35N5O4/c1-14(2)16(5)25-22(29)21(15(3)4)26-18-13-23-17(12-24-18)9-10-19(28)27-31-20-8-6-7-11-30-20/h9-10,12-16,20-21H,6-8,11H2,1-5H3,(H,24,26)(H,25,29)(H,27,28)/t16-,20?,21+/m0/s1. The smallest absolute Gasteiger partial charge is 0.267 e. The van der Waals surface area contributed by atoms with Crippen LogP contribution >= 0.6 is 0 Å². The van der Waals surface area contributed by atoms with E-state index in [9.17, 15) is 9.59 Å². The molecule has 1 saturated heterocycles. The number of ether oxygens (including phenoxy) is 1. The first kappa shape index (κ1) is 24.7. The summed E-state index contributed by atoms with van der Waals surface area (Å²) in [4.78, 5) is 38.3. The van der Waals surface area contributed by atoms with Gasteiger partial charge in [-0.3, -0.25) is 14.6 Å². The second kappa shape index (κ2) is 12.4. The molecule has 1 aromatic heterocycles. The van der Waals surface area contributed by atoms with E-state index in [0.717, 1.165) is 19.3 Å². The van der Waals surface area contributed by atoms with Crippen LogP contribution in [0.3, 0.4) is 0 Å². The molecule has 2 rings (SSSR count). The molecule has 1 unspecified atom stereocenters. The highest BCUT2D eigenvalue weighted by molar-refractivity contribution is 5.90. The second-order valence-corrected chi connectivity index (χ2v) is 8.45. The van der Waals surface area contributed by atoms with Gasteiger partial charge in [-0.2, -0.15) is 0 Å². The molecule has 0 saturated carbocycles. The van der Waals surface area contributed by atoms with Crippen molar-refractivity contribution in [3.8, 4) is 0 Å². The van der Waals surface area contributed by atoms with Crippen molar-refractivity contribution in [3.05, 3.63) is 24.2 Å². The van der Waals surface area contributed by atoms with E-state index in [4.69, 9.17) is 9.57 Å². The summed E-state index contributed by atoms with van der Waals surface area (Å²) >= 11 is 0. The van der Waals surface area contributed by atoms with E-state index in [1.54, 1.807) is 6.20 Å². The third kappa shape index (κ3) is 8.63. The molecule has 1 aliphatic heterocycles. The molecule has 3 atom stereocenters. The minimum atomic E-state index is -0.429. The highest BCUT2D eigenvalue weighted by atomic mass is 16.8. The zero-order chi connectivity index (χ0) is 22.8. The van der Waals surface area contributed by atoms with Gasteiger partial charge in [0, 0.05) is 25.1 Å². The molecule has 0 aromatic carbocycles. The molecular formula is C22H35N5O4. The van der Waals surface area contributed by atoms with E-state index in [1.165, 1.54) is 18.3 Å². The maximum Gasteiger partial charge on any atom is 0.267 e. The fourth-order valence-corrected chi connectivity index (χ4v) is 2.80. The first-order valence-corrected chi connectivity index (χ1v) is 10.9. The number of hydrogen-bond donors (Lipinski definition) is 3. The van der Waals surface area contributed by atoms with Crippen LogP contribution in [0.5, 0.6) is 0 Å². The van der Waals surface area contributed by atoms with Crippen LogP contribution in [0.4, 0.5) is 5.82 Å². The van der Waals surface area contributed by atoms with Crippen molar-refractivity contribution in [3.63, 3.8) is 0 Å². The lowest BCUT2D eigenvalue weighted by molar-refractivity contribution is -0.198. The third-order valence-corrected chi connectivity index (χ3v) is 5.13. The molecule has 0 radical (unpaired) electrons. The van der Waals surface area contributed by atoms with E-state index >= 15 is 0 Å². The average molecular weight is 434 g/mol. The van der Waals surface area contributed by atoms with Crippen molar-refractivity contribution in [1.29, 1.82) is 0 Å². The summed E-state index contributed by atoms with van der Waals surface area (Å²) in [6, 6.07) is -0.351. The topological polar surface area (TPSA) is 114 Å². The van der Waals surface area contributed by atoms with Crippen LogP contribution in [-0.4, -0.2) is 46.8 Å². The molecule has 172 valence electrons. The lowest BCUT2D eigenvalue weighted by Gasteiger charge is -2.25. The molecule has 1 aliphatic rings. The van der Waals surface area contributed by atoms with Gasteiger partial charge in [0.25, 0.3) is 5.91 Å². The van der Waals surface area contributed by atoms with Gasteiger partial charge in [-0.05, 0) is 37.7 Å². The Morgan fingerprint density at radius 1 is 1.13 bits per heavy atom. The summed E-state index contributed by atoms with van der Waals surface area (Å²) in [5.41, 5.74) is 2.86. The van der Waals surface area contributed by atoms with Crippen LogP contribution in [0.15, 0.2) is 18.5 Å². The fraction of sp³-hybridized carbons (Fsp3) is 0.636. The fourth-order valence-electron chi connectivity index (χ4n) is 2.80. The Bertz CT molecular complexity index is 730. The summed E-state index contributed by atoms with van der Waals surface area (Å²) in [6.45, 7) is 10.7. The van der Waals surface area contributed by atoms with Gasteiger partial charge in [0.05, 0.1) is 18.1 Å². The summed E-state index contributed by atoms with van der Waals surface area (Å²) in [5.74, 6) is 0.429. The number of nitrogens with zero attached hydrogens (tertiary/aromatic N) is 2. The number of rotatable bonds is 10. The Hall–Kier alpha value is -2.52. The Labute approximate surface area is 184 Å². The molecule has 31 heavy (non-hydrogen) atoms. The predicted octanol–water partition coefficient (Wildman–Crippen LogP) is 2.66. The number of hydrogen-bond acceptors (Lipinski definition) is 7. The van der Waals surface area contributed by atoms with Crippen LogP contribution in [-0.2, 0) is 19.2 Å². The molecule has 0 bridgehead atoms. The highest BCUT2D eigenvalue weighted by Crippen LogP contribution is 2.13. The van der Waals surface area contributed by atoms with Crippen molar-refractivity contribution in [2.24, 2.45) is 11.8 Å². The van der Waals surface area contributed by atoms with E-state index in [1.807, 2.05) is 20.8 Å². The largest absolute Gasteiger partial charge is 0.357 e. The number of carbonyl (C=O) groups excluding carboxylic acids is 2. The van der Waals surface area contributed by atoms with Crippen molar-refractivity contribution < 1.29 is 19.2 Å². The Morgan fingerprint density at radius 3 is 2.48 bits per heavy atom. The number of amides is 2. The lowest BCUT2D eigenvalue weighted by Crippen LogP contribution is -2.47. The van der Waals surface area contributed by atoms with Crippen molar-refractivity contribution in [2.75, 3.05) is 11.9 Å². The van der Waals surface area contributed by atoms with Crippen LogP contribution in [0, 0.1) is 11.8 Å². The first-order chi connectivity index (χ1) is 14.8. The Balaban J connectivity index is 1.86. The summed E-state index contributed by atoms with van der Waals surface area (Å²) in [5, 5.41) is 6.18. The third-order valence-electron chi connectivity index (χ3n) is 5.13. The van der Waals surface area contributed by atoms with Crippen molar-refractivity contribution in [2.45, 2.75) is 72.3 Å². The van der Waals surface area contributed by atoms with Gasteiger partial charge in [-0.25, -0.2) is 15.3 Å². The van der Waals surface area contributed by atoms with Gasteiger partial charge < -0.3 is 15.4 Å². The lowest BCUT2D eigenvalue weighted by atomic mass is 10.0. The number of hydroxylamine groups is 1. The van der Waals surface area contributed by atoms with E-state index in [2.05, 4.69) is 39.9 Å². The zero-order valence-electron chi connectivity index (χ0n) is 19.1. The number of anilines is 1. The highest BCUT2D eigenvalue weighted by Gasteiger charge is 2.24. The van der Waals surface area contributed by atoms with Crippen molar-refractivity contribution >= 4 is 23.7 Å². The van der Waals surface area contributed by atoms with Crippen LogP contribution in [0.25, 0.3) is 6.08 Å². The maximum absolute atomic E-state index is 12.6. The van der Waals surface area contributed by atoms with E-state index < -0.39 is 18.2 Å². The number of nitrogens with one attached hydrogen (secondary N) is 3. The monoisotopic (exact) mass is 433 g/mol. The average Bonchev–Trinajstić information content (AvgIpc) is 2.75. The minimum Gasteiger partial charge on any atom is -0.357 e. The van der Waals surface area contributed by atoms with Crippen LogP contribution < -0.4 is 16.1 Å². The normalized spacial score (nSPS) is 18.7. The van der Waals surface area contributed by atoms with Gasteiger partial charge in [0.15, 0.2) is 6.29 Å². The van der Waals surface area contributed by atoms with Crippen molar-refractivity contribution in [1.82, 2.24) is 20.8 Å². The molecule has 2 amide bonds. The summed E-state index contributed by atoms with van der Waals surface area (Å²) in [6.07, 6.45) is 8.31. The molecule has 2 heterocycles. The molecular weight excluding hydrogens is 398 g/mol. The van der Waals surface area contributed by atoms with Crippen LogP contribution in [0.1, 0.15) is 59.6 Å². The van der Waals surface area contributed by atoms with E-state index in [-0.39, 0.29) is 17.9 Å². The number of aromatic nitrogens is 2. The second-order valence-electron chi connectivity index (χ2n) is 8.45. The molecule has 1 fully saturated rings. The SMILES string of the molecule is CC(C)[C@H](C)NC(=O)[C@H](Nc1cnc(C=CC(=O)NOC2CCCCO2)cn1)C(C)C. The molecule has 1 aromatic rings. The minimum absolute atomic E-state index is 0.0672. The molecule has 0 aliphatic carbocycles. The van der Waals surface area contributed by atoms with Gasteiger partial charge in [0.1, 0.15) is 11.9 Å². The van der Waals surface area contributed by atoms with Gasteiger partial charge in [-0.15, -0.1) is 0 Å². The maximum atomic E-state index is 12.6. The molecule has 9 nitrogen and oxygen atoms in total. The summed E-state index contributed by atoms with van der Waals surface area (Å²) < 4.78 is 5.38. The van der Waals surface area contributed by atoms with Gasteiger partial charge >= 0.3 is 0 Å². The molecule has 9 heteroatoms. The first-order valence-electron chi connectivity index (χ1n) is 10.9. The quantitative estimate of drug-likeness (QED) is 0.384.